The summed E-state index contributed by atoms with van der Waals surface area (Å²) >= 11 is 0. The molecule has 1 aromatic carbocycles. The molecule has 1 aromatic rings. The number of hydrogen-bond acceptors (Lipinski definition) is 2. The molecule has 3 nitrogen and oxygen atoms in total. The van der Waals surface area contributed by atoms with Gasteiger partial charge in [-0.05, 0) is 37.3 Å². The molecule has 0 unspecified atom stereocenters. The van der Waals surface area contributed by atoms with Crippen molar-refractivity contribution in [3.05, 3.63) is 35.4 Å². The predicted octanol–water partition coefficient (Wildman–Crippen LogP) is 3.57. The SMILES string of the molecule is C[C@@H](C(=O)O)c1ccc(C[C@@H]2CCCCCC2=O)cc1. The summed E-state index contributed by atoms with van der Waals surface area (Å²) in [6.45, 7) is 1.69. The van der Waals surface area contributed by atoms with Crippen molar-refractivity contribution in [2.45, 2.75) is 51.4 Å². The van der Waals surface area contributed by atoms with Crippen LogP contribution in [0.15, 0.2) is 24.3 Å². The molecule has 20 heavy (non-hydrogen) atoms. The second kappa shape index (κ2) is 6.69. The van der Waals surface area contributed by atoms with Gasteiger partial charge in [0, 0.05) is 12.3 Å². The van der Waals surface area contributed by atoms with E-state index in [-0.39, 0.29) is 5.92 Å². The van der Waals surface area contributed by atoms with E-state index in [0.717, 1.165) is 49.7 Å². The van der Waals surface area contributed by atoms with Gasteiger partial charge in [-0.1, -0.05) is 37.1 Å². The second-order valence-corrected chi connectivity index (χ2v) is 5.77. The van der Waals surface area contributed by atoms with E-state index in [1.54, 1.807) is 6.92 Å². The molecule has 0 heterocycles. The lowest BCUT2D eigenvalue weighted by Crippen LogP contribution is -2.15. The van der Waals surface area contributed by atoms with Crippen molar-refractivity contribution in [3.63, 3.8) is 0 Å². The van der Waals surface area contributed by atoms with Crippen molar-refractivity contribution < 1.29 is 14.7 Å². The van der Waals surface area contributed by atoms with Crippen LogP contribution in [0, 0.1) is 5.92 Å². The Balaban J connectivity index is 2.03. The van der Waals surface area contributed by atoms with E-state index < -0.39 is 11.9 Å². The van der Waals surface area contributed by atoms with Gasteiger partial charge in [-0.15, -0.1) is 0 Å². The molecule has 1 saturated carbocycles. The highest BCUT2D eigenvalue weighted by Gasteiger charge is 2.21. The maximum Gasteiger partial charge on any atom is 0.310 e. The number of ketones is 1. The van der Waals surface area contributed by atoms with Crippen LogP contribution in [0.5, 0.6) is 0 Å². The predicted molar refractivity (Wildman–Crippen MR) is 77.8 cm³/mol. The molecule has 0 saturated heterocycles. The van der Waals surface area contributed by atoms with E-state index in [0.29, 0.717) is 5.78 Å². The molecular formula is C17H22O3. The molecule has 1 N–H and O–H groups in total. The number of carbonyl (C=O) groups excluding carboxylic acids is 1. The maximum atomic E-state index is 12.0. The Kier molecular flexibility index (Phi) is 4.94. The number of rotatable bonds is 4. The third kappa shape index (κ3) is 3.69. The number of benzene rings is 1. The first-order valence-corrected chi connectivity index (χ1v) is 7.42. The first-order chi connectivity index (χ1) is 9.58. The second-order valence-electron chi connectivity index (χ2n) is 5.77. The Bertz CT molecular complexity index is 476. The Morgan fingerprint density at radius 2 is 1.95 bits per heavy atom. The van der Waals surface area contributed by atoms with Crippen molar-refractivity contribution in [1.82, 2.24) is 0 Å². The highest BCUT2D eigenvalue weighted by molar-refractivity contribution is 5.81. The van der Waals surface area contributed by atoms with E-state index in [4.69, 9.17) is 5.11 Å². The number of carboxylic acid groups (broad SMARTS) is 1. The number of hydrogen-bond donors (Lipinski definition) is 1. The molecule has 3 heteroatoms. The quantitative estimate of drug-likeness (QED) is 0.854. The van der Waals surface area contributed by atoms with Gasteiger partial charge < -0.3 is 5.11 Å². The fourth-order valence-electron chi connectivity index (χ4n) is 2.82. The molecule has 108 valence electrons. The van der Waals surface area contributed by atoms with Gasteiger partial charge in [0.15, 0.2) is 0 Å². The van der Waals surface area contributed by atoms with Crippen molar-refractivity contribution in [3.8, 4) is 0 Å². The molecule has 2 atom stereocenters. The van der Waals surface area contributed by atoms with Crippen molar-refractivity contribution in [2.75, 3.05) is 0 Å². The van der Waals surface area contributed by atoms with Crippen LogP contribution in [0.4, 0.5) is 0 Å². The smallest absolute Gasteiger partial charge is 0.310 e. The molecule has 1 aliphatic rings. The Labute approximate surface area is 120 Å². The summed E-state index contributed by atoms with van der Waals surface area (Å²) in [4.78, 5) is 22.9. The maximum absolute atomic E-state index is 12.0. The molecule has 0 amide bonds. The standard InChI is InChI=1S/C17H22O3/c1-12(17(19)20)14-9-7-13(8-10-14)11-15-5-3-2-4-6-16(15)18/h7-10,12,15H,2-6,11H2,1H3,(H,19,20)/t12-,15+/m1/s1. The summed E-state index contributed by atoms with van der Waals surface area (Å²) in [5.74, 6) is -0.744. The summed E-state index contributed by atoms with van der Waals surface area (Å²) in [5.41, 5.74) is 1.94. The fraction of sp³-hybridized carbons (Fsp3) is 0.529. The zero-order valence-electron chi connectivity index (χ0n) is 12.0. The highest BCUT2D eigenvalue weighted by Crippen LogP contribution is 2.24. The lowest BCUT2D eigenvalue weighted by molar-refractivity contribution is -0.138. The molecule has 0 radical (unpaired) electrons. The van der Waals surface area contributed by atoms with Crippen molar-refractivity contribution in [1.29, 1.82) is 0 Å². The summed E-state index contributed by atoms with van der Waals surface area (Å²) in [5, 5.41) is 8.99. The van der Waals surface area contributed by atoms with Crippen LogP contribution in [-0.4, -0.2) is 16.9 Å². The minimum atomic E-state index is -0.809. The molecule has 1 fully saturated rings. The zero-order valence-corrected chi connectivity index (χ0v) is 12.0. The third-order valence-corrected chi connectivity index (χ3v) is 4.26. The highest BCUT2D eigenvalue weighted by atomic mass is 16.4. The van der Waals surface area contributed by atoms with Gasteiger partial charge >= 0.3 is 5.97 Å². The minimum Gasteiger partial charge on any atom is -0.481 e. The number of aliphatic carboxylic acids is 1. The number of carboxylic acids is 1. The summed E-state index contributed by atoms with van der Waals surface area (Å²) in [7, 11) is 0. The fourth-order valence-corrected chi connectivity index (χ4v) is 2.82. The van der Waals surface area contributed by atoms with E-state index in [1.807, 2.05) is 24.3 Å². The van der Waals surface area contributed by atoms with Gasteiger partial charge in [-0.2, -0.15) is 0 Å². The molecule has 1 aliphatic carbocycles. The molecular weight excluding hydrogens is 252 g/mol. The van der Waals surface area contributed by atoms with Crippen molar-refractivity contribution >= 4 is 11.8 Å². The molecule has 2 rings (SSSR count). The molecule has 0 aromatic heterocycles. The zero-order chi connectivity index (χ0) is 14.5. The van der Waals surface area contributed by atoms with Gasteiger partial charge in [0.05, 0.1) is 5.92 Å². The van der Waals surface area contributed by atoms with Crippen LogP contribution in [0.25, 0.3) is 0 Å². The van der Waals surface area contributed by atoms with E-state index in [2.05, 4.69) is 0 Å². The summed E-state index contributed by atoms with van der Waals surface area (Å²) in [6.07, 6.45) is 5.84. The average Bonchev–Trinajstić information content (AvgIpc) is 2.64. The Morgan fingerprint density at radius 1 is 1.25 bits per heavy atom. The van der Waals surface area contributed by atoms with E-state index in [9.17, 15) is 9.59 Å². The average molecular weight is 274 g/mol. The van der Waals surface area contributed by atoms with Crippen LogP contribution in [0.2, 0.25) is 0 Å². The first kappa shape index (κ1) is 14.8. The topological polar surface area (TPSA) is 54.4 Å². The summed E-state index contributed by atoms with van der Waals surface area (Å²) in [6, 6.07) is 7.67. The molecule has 0 aliphatic heterocycles. The van der Waals surface area contributed by atoms with Gasteiger partial charge in [-0.25, -0.2) is 0 Å². The first-order valence-electron chi connectivity index (χ1n) is 7.42. The normalized spacial score (nSPS) is 21.2. The van der Waals surface area contributed by atoms with Gasteiger partial charge in [-0.3, -0.25) is 9.59 Å². The number of carbonyl (C=O) groups is 2. The monoisotopic (exact) mass is 274 g/mol. The minimum absolute atomic E-state index is 0.153. The van der Waals surface area contributed by atoms with E-state index in [1.165, 1.54) is 0 Å². The van der Waals surface area contributed by atoms with Gasteiger partial charge in [0.1, 0.15) is 5.78 Å². The number of Topliss-reactive ketones (excluding diaryl/α,β-unsaturated/α-hetero) is 1. The van der Waals surface area contributed by atoms with Crippen LogP contribution in [-0.2, 0) is 16.0 Å². The Hall–Kier alpha value is -1.64. The van der Waals surface area contributed by atoms with Crippen molar-refractivity contribution in [2.24, 2.45) is 5.92 Å². The molecule has 0 bridgehead atoms. The van der Waals surface area contributed by atoms with Gasteiger partial charge in [0.25, 0.3) is 0 Å². The third-order valence-electron chi connectivity index (χ3n) is 4.26. The van der Waals surface area contributed by atoms with Crippen LogP contribution in [0.1, 0.15) is 56.1 Å². The largest absolute Gasteiger partial charge is 0.481 e. The molecule has 0 spiro atoms. The van der Waals surface area contributed by atoms with Crippen LogP contribution < -0.4 is 0 Å². The lowest BCUT2D eigenvalue weighted by Gasteiger charge is -2.14. The lowest BCUT2D eigenvalue weighted by atomic mass is 9.90. The van der Waals surface area contributed by atoms with Crippen LogP contribution in [0.3, 0.4) is 0 Å². The Morgan fingerprint density at radius 3 is 2.60 bits per heavy atom. The van der Waals surface area contributed by atoms with Crippen LogP contribution >= 0.6 is 0 Å². The van der Waals surface area contributed by atoms with Gasteiger partial charge in [0.2, 0.25) is 0 Å². The summed E-state index contributed by atoms with van der Waals surface area (Å²) < 4.78 is 0. The van der Waals surface area contributed by atoms with E-state index >= 15 is 0 Å².